The second-order valence-electron chi connectivity index (χ2n) is 34.4. The van der Waals surface area contributed by atoms with Gasteiger partial charge in [0.25, 0.3) is 0 Å². The third kappa shape index (κ3) is 41.5. The van der Waals surface area contributed by atoms with Crippen molar-refractivity contribution >= 4 is 68.0 Å². The molecule has 2 aliphatic heterocycles. The molecule has 5 heterocycles. The molecule has 5 aromatic rings. The largest absolute Gasteiger partial charge is 0.490 e. The molecule has 124 heavy (non-hydrogen) atoms. The molecule has 3 aromatic heterocycles. The van der Waals surface area contributed by atoms with E-state index in [9.17, 15) is 0 Å². The van der Waals surface area contributed by atoms with Crippen LogP contribution in [0.3, 0.4) is 0 Å². The number of aromatic amines is 2. The van der Waals surface area contributed by atoms with Crippen molar-refractivity contribution in [3.63, 3.8) is 0 Å². The minimum absolute atomic E-state index is 0.401. The second-order valence-corrected chi connectivity index (χ2v) is 35.2. The van der Waals surface area contributed by atoms with Gasteiger partial charge >= 0.3 is 0 Å². The van der Waals surface area contributed by atoms with Gasteiger partial charge in [0.2, 0.25) is 11.5 Å². The Morgan fingerprint density at radius 2 is 0.516 bits per heavy atom. The number of fused-ring (bicyclic) bond motifs is 8. The summed E-state index contributed by atoms with van der Waals surface area (Å²) in [5.74, 6) is 4.11. The number of halogens is 1. The maximum atomic E-state index is 7.13. The molecule has 18 heteroatoms. The van der Waals surface area contributed by atoms with E-state index < -0.39 is 0 Å². The predicted molar refractivity (Wildman–Crippen MR) is 525 cm³/mol. The lowest BCUT2D eigenvalue weighted by molar-refractivity contribution is 0.0235. The number of aromatic nitrogens is 4. The molecule has 8 bridgehead atoms. The summed E-state index contributed by atoms with van der Waals surface area (Å²) in [6.07, 6.45) is 66.4. The van der Waals surface area contributed by atoms with Crippen molar-refractivity contribution in [3.05, 3.63) is 75.8 Å². The first-order chi connectivity index (χ1) is 61.3. The van der Waals surface area contributed by atoms with E-state index in [0.717, 1.165) is 154 Å². The fraction of sp³-hybridized carbons (Fsp3) is 0.698. The Labute approximate surface area is 760 Å². The molecule has 7 rings (SSSR count). The number of unbranched alkanes of at least 4 members (excludes halogenated alkanes) is 42. The Morgan fingerprint density at radius 3 is 0.839 bits per heavy atom. The summed E-state index contributed by atoms with van der Waals surface area (Å²) in [4.78, 5) is 22.0. The number of nitrogens with one attached hydrogen (secondary N) is 2. The minimum Gasteiger partial charge on any atom is -0.490 e. The SMILES string of the molecule is CCCCCCCCCCOc1cc(-c2c3nc(c(N(CCOCCOCCOC)CCOCCOCCOC)c4ccc([nH]4)c(-c4cc(OCCCCCCCCCC)c(OCCCCCCCCCC)c(OCCCCCCCCCC)c4)c4nc(c(Br)c5ccc2[nH]5)C=C4)C=C3)cc(OCCCCCCCCCC)c1OCCCCCCCCCC. The van der Waals surface area contributed by atoms with Crippen molar-refractivity contribution in [3.8, 4) is 56.8 Å². The Hall–Kier alpha value is -6.12. The molecule has 2 aliphatic rings. The zero-order valence-corrected chi connectivity index (χ0v) is 80.8. The van der Waals surface area contributed by atoms with Gasteiger partial charge in [-0.15, -0.1) is 0 Å². The first-order valence-corrected chi connectivity index (χ1v) is 51.1. The predicted octanol–water partition coefficient (Wildman–Crippen LogP) is 30.0. The summed E-state index contributed by atoms with van der Waals surface area (Å²) in [6, 6.07) is 17.5. The highest BCUT2D eigenvalue weighted by molar-refractivity contribution is 9.10. The summed E-state index contributed by atoms with van der Waals surface area (Å²) >= 11 is 4.20. The molecule has 0 saturated carbocycles. The van der Waals surface area contributed by atoms with Crippen molar-refractivity contribution in [2.45, 2.75) is 350 Å². The van der Waals surface area contributed by atoms with Crippen LogP contribution in [-0.2, 0) is 28.4 Å². The van der Waals surface area contributed by atoms with E-state index in [1.807, 2.05) is 0 Å². The van der Waals surface area contributed by atoms with Crippen molar-refractivity contribution in [2.24, 2.45) is 0 Å². The maximum Gasteiger partial charge on any atom is 0.203 e. The molecule has 0 atom stereocenters. The molecule has 2 aromatic carbocycles. The van der Waals surface area contributed by atoms with Crippen LogP contribution in [0.25, 0.3) is 68.6 Å². The standard InChI is InChI=1S/C106H170BrN5O12/c1-9-15-21-27-33-39-45-51-67-119-97-83-87(84-98(120-68-52-46-40-34-28-22-16-10-2)105(97)123-71-55-49-43-37-31-25-19-13-5)101-89-57-61-93(108-89)103(107)94-62-58-90(109-94)102(92-60-64-96(111-92)104(95-63-59-91(101)110-95)112(65-73-115-79-81-117-77-75-113-7)66-74-116-80-82-118-78-76-114-8)88-85-99(121-69-53-47-41-35-29-23-17-11-3)106(124-72-56-50-44-38-32-26-20-14-6)100(86-88)122-70-54-48-42-36-30-24-18-12-4/h57-64,83-86,108,111H,9-56,65-82H2,1-8H3. The lowest BCUT2D eigenvalue weighted by atomic mass is 10.0. The summed E-state index contributed by atoms with van der Waals surface area (Å²) in [5, 5.41) is 0. The van der Waals surface area contributed by atoms with E-state index in [4.69, 9.17) is 66.8 Å². The summed E-state index contributed by atoms with van der Waals surface area (Å²) in [6.45, 7) is 22.6. The number of anilines is 1. The van der Waals surface area contributed by atoms with Gasteiger partial charge in [0.15, 0.2) is 23.0 Å². The number of rotatable bonds is 81. The van der Waals surface area contributed by atoms with Crippen LogP contribution in [-0.4, -0.2) is 153 Å². The number of benzene rings is 2. The van der Waals surface area contributed by atoms with Gasteiger partial charge in [-0.2, -0.15) is 0 Å². The topological polar surface area (TPSA) is 171 Å². The van der Waals surface area contributed by atoms with E-state index in [0.29, 0.717) is 153 Å². The highest BCUT2D eigenvalue weighted by Gasteiger charge is 2.26. The Kier molecular flexibility index (Phi) is 58.3. The molecule has 2 N–H and O–H groups in total. The summed E-state index contributed by atoms with van der Waals surface area (Å²) in [7, 11) is 3.39. The molecular formula is C106H170BrN5O12. The average Bonchev–Trinajstić information content (AvgIpc) is 1.59. The lowest BCUT2D eigenvalue weighted by Gasteiger charge is -2.26. The average molecular weight is 1790 g/mol. The van der Waals surface area contributed by atoms with Crippen LogP contribution in [0.2, 0.25) is 0 Å². The van der Waals surface area contributed by atoms with Crippen molar-refractivity contribution in [2.75, 3.05) is 138 Å². The van der Waals surface area contributed by atoms with Crippen molar-refractivity contribution in [1.29, 1.82) is 0 Å². The van der Waals surface area contributed by atoms with Crippen LogP contribution in [0.15, 0.2) is 53.0 Å². The van der Waals surface area contributed by atoms with Gasteiger partial charge in [-0.05, 0) is 138 Å². The molecule has 0 amide bonds. The van der Waals surface area contributed by atoms with Crippen molar-refractivity contribution < 1.29 is 56.8 Å². The van der Waals surface area contributed by atoms with Gasteiger partial charge in [0.05, 0.1) is 150 Å². The summed E-state index contributed by atoms with van der Waals surface area (Å²) in [5.41, 5.74) is 11.0. The molecule has 0 saturated heterocycles. The monoisotopic (exact) mass is 1780 g/mol. The maximum absolute atomic E-state index is 7.13. The minimum atomic E-state index is 0.401. The third-order valence-corrected chi connectivity index (χ3v) is 24.6. The van der Waals surface area contributed by atoms with Crippen LogP contribution in [0.4, 0.5) is 5.69 Å². The van der Waals surface area contributed by atoms with E-state index in [-0.39, 0.29) is 0 Å². The zero-order valence-electron chi connectivity index (χ0n) is 79.2. The molecular weight excluding hydrogens is 1620 g/mol. The third-order valence-electron chi connectivity index (χ3n) is 23.7. The van der Waals surface area contributed by atoms with Crippen LogP contribution in [0.5, 0.6) is 34.5 Å². The Morgan fingerprint density at radius 1 is 0.266 bits per heavy atom. The molecule has 0 unspecified atom stereocenters. The Balaban J connectivity index is 1.48. The number of nitrogens with zero attached hydrogens (tertiary/aromatic N) is 3. The highest BCUT2D eigenvalue weighted by Crippen LogP contribution is 2.47. The molecule has 698 valence electrons. The quantitative estimate of drug-likeness (QED) is 0.0345. The normalized spacial score (nSPS) is 11.9. The first-order valence-electron chi connectivity index (χ1n) is 50.3. The van der Waals surface area contributed by atoms with Crippen LogP contribution in [0, 0.1) is 0 Å². The fourth-order valence-corrected chi connectivity index (χ4v) is 16.8. The van der Waals surface area contributed by atoms with Crippen LogP contribution < -0.4 is 33.3 Å². The van der Waals surface area contributed by atoms with E-state index in [2.05, 4.69) is 145 Å². The Bertz CT molecular complexity index is 3580. The smallest absolute Gasteiger partial charge is 0.203 e. The molecule has 17 nitrogen and oxygen atoms in total. The number of ether oxygens (including phenoxy) is 12. The molecule has 0 fully saturated rings. The first kappa shape index (κ1) is 105. The molecule has 0 radical (unpaired) electrons. The molecule has 0 spiro atoms. The van der Waals surface area contributed by atoms with E-state index >= 15 is 0 Å². The van der Waals surface area contributed by atoms with Gasteiger partial charge in [-0.25, -0.2) is 9.97 Å². The number of hydrogen-bond acceptors (Lipinski definition) is 15. The number of H-pyrrole nitrogens is 2. The number of methoxy groups -OCH3 is 2. The second kappa shape index (κ2) is 68.9. The van der Waals surface area contributed by atoms with E-state index in [1.165, 1.54) is 231 Å². The lowest BCUT2D eigenvalue weighted by Crippen LogP contribution is -2.32. The van der Waals surface area contributed by atoms with Gasteiger partial charge < -0.3 is 71.7 Å². The van der Waals surface area contributed by atoms with E-state index in [1.54, 1.807) is 14.2 Å². The van der Waals surface area contributed by atoms with Gasteiger partial charge in [-0.1, -0.05) is 311 Å². The van der Waals surface area contributed by atoms with Crippen molar-refractivity contribution in [1.82, 2.24) is 19.9 Å². The summed E-state index contributed by atoms with van der Waals surface area (Å²) < 4.78 is 78.9. The van der Waals surface area contributed by atoms with Gasteiger partial charge in [0.1, 0.15) is 0 Å². The number of hydrogen-bond donors (Lipinski definition) is 2. The van der Waals surface area contributed by atoms with Gasteiger partial charge in [-0.3, -0.25) is 0 Å². The van der Waals surface area contributed by atoms with Gasteiger partial charge in [0, 0.05) is 49.5 Å². The highest BCUT2D eigenvalue weighted by atomic mass is 79.9. The fourth-order valence-electron chi connectivity index (χ4n) is 16.4. The van der Waals surface area contributed by atoms with Crippen LogP contribution >= 0.6 is 15.9 Å². The molecule has 0 aliphatic carbocycles. The van der Waals surface area contributed by atoms with Crippen LogP contribution in [0.1, 0.15) is 373 Å². The zero-order chi connectivity index (χ0) is 87.6.